The molecule has 1 fully saturated rings. The average Bonchev–Trinajstić information content (AvgIpc) is 2.71. The van der Waals surface area contributed by atoms with E-state index in [4.69, 9.17) is 5.11 Å². The summed E-state index contributed by atoms with van der Waals surface area (Å²) in [5.41, 5.74) is 1.48. The second-order valence-corrected chi connectivity index (χ2v) is 5.65. The Morgan fingerprint density at radius 2 is 1.95 bits per heavy atom. The lowest BCUT2D eigenvalue weighted by Crippen LogP contribution is -2.40. The summed E-state index contributed by atoms with van der Waals surface area (Å²) >= 11 is 0. The molecule has 1 saturated carbocycles. The molecule has 1 aromatic rings. The van der Waals surface area contributed by atoms with E-state index in [1.807, 2.05) is 6.92 Å². The lowest BCUT2D eigenvalue weighted by Gasteiger charge is -2.29. The molecule has 1 N–H and O–H groups in total. The minimum atomic E-state index is -0.894. The first-order valence-corrected chi connectivity index (χ1v) is 6.66. The molecule has 2 rings (SSSR count). The minimum Gasteiger partial charge on any atom is -0.481 e. The summed E-state index contributed by atoms with van der Waals surface area (Å²) in [4.78, 5) is 27.2. The van der Waals surface area contributed by atoms with Gasteiger partial charge in [0, 0.05) is 22.5 Å². The van der Waals surface area contributed by atoms with Crippen molar-refractivity contribution < 1.29 is 9.90 Å². The molecule has 1 aliphatic rings. The molecule has 104 valence electrons. The number of carbonyl (C=O) groups is 1. The standard InChI is InChI=1S/C14H20N2O3/c1-9-11(8-12(17)18)10(2)16(13(19)15-9)14(3)6-4-5-7-14/h4-8H2,1-3H3,(H,17,18). The lowest BCUT2D eigenvalue weighted by molar-refractivity contribution is -0.136. The van der Waals surface area contributed by atoms with Crippen molar-refractivity contribution in [3.63, 3.8) is 0 Å². The van der Waals surface area contributed by atoms with Gasteiger partial charge in [0.1, 0.15) is 0 Å². The van der Waals surface area contributed by atoms with Crippen LogP contribution in [0.1, 0.15) is 49.6 Å². The third-order valence-corrected chi connectivity index (χ3v) is 4.21. The first-order chi connectivity index (χ1) is 8.85. The van der Waals surface area contributed by atoms with Crippen molar-refractivity contribution in [2.75, 3.05) is 0 Å². The molecule has 5 heteroatoms. The van der Waals surface area contributed by atoms with Gasteiger partial charge in [-0.25, -0.2) is 4.79 Å². The van der Waals surface area contributed by atoms with E-state index < -0.39 is 5.97 Å². The molecule has 5 nitrogen and oxygen atoms in total. The van der Waals surface area contributed by atoms with E-state index in [0.29, 0.717) is 11.3 Å². The fourth-order valence-corrected chi connectivity index (χ4v) is 3.20. The molecule has 0 saturated heterocycles. The largest absolute Gasteiger partial charge is 0.481 e. The highest BCUT2D eigenvalue weighted by molar-refractivity contribution is 5.70. The van der Waals surface area contributed by atoms with Crippen LogP contribution < -0.4 is 5.69 Å². The van der Waals surface area contributed by atoms with Crippen LogP contribution >= 0.6 is 0 Å². The smallest absolute Gasteiger partial charge is 0.348 e. The number of nitrogens with zero attached hydrogens (tertiary/aromatic N) is 2. The third kappa shape index (κ3) is 2.41. The van der Waals surface area contributed by atoms with Crippen LogP contribution in [0.3, 0.4) is 0 Å². The molecule has 1 aromatic heterocycles. The number of aliphatic carboxylic acids is 1. The van der Waals surface area contributed by atoms with Crippen molar-refractivity contribution in [3.8, 4) is 0 Å². The Hall–Kier alpha value is -1.65. The molecule has 0 spiro atoms. The Kier molecular flexibility index (Phi) is 3.47. The van der Waals surface area contributed by atoms with Crippen LogP contribution in [0.15, 0.2) is 4.79 Å². The molecular formula is C14H20N2O3. The van der Waals surface area contributed by atoms with E-state index in [2.05, 4.69) is 11.9 Å². The van der Waals surface area contributed by atoms with E-state index >= 15 is 0 Å². The first kappa shape index (κ1) is 13.8. The van der Waals surface area contributed by atoms with Gasteiger partial charge in [0.2, 0.25) is 0 Å². The van der Waals surface area contributed by atoms with Crippen LogP contribution in [-0.2, 0) is 16.8 Å². The first-order valence-electron chi connectivity index (χ1n) is 6.66. The SMILES string of the molecule is Cc1nc(=O)n(C2(C)CCCC2)c(C)c1CC(=O)O. The van der Waals surface area contributed by atoms with Crippen molar-refractivity contribution in [1.82, 2.24) is 9.55 Å². The monoisotopic (exact) mass is 264 g/mol. The highest BCUT2D eigenvalue weighted by Gasteiger charge is 2.33. The van der Waals surface area contributed by atoms with Gasteiger partial charge in [-0.3, -0.25) is 9.36 Å². The van der Waals surface area contributed by atoms with Gasteiger partial charge in [0.05, 0.1) is 6.42 Å². The second-order valence-electron chi connectivity index (χ2n) is 5.65. The summed E-state index contributed by atoms with van der Waals surface area (Å²) in [6, 6.07) is 0. The fraction of sp³-hybridized carbons (Fsp3) is 0.643. The molecule has 0 aromatic carbocycles. The van der Waals surface area contributed by atoms with Gasteiger partial charge in [0.15, 0.2) is 0 Å². The van der Waals surface area contributed by atoms with Gasteiger partial charge in [-0.1, -0.05) is 12.8 Å². The number of aromatic nitrogens is 2. The van der Waals surface area contributed by atoms with Crippen molar-refractivity contribution in [1.29, 1.82) is 0 Å². The maximum Gasteiger partial charge on any atom is 0.348 e. The second kappa shape index (κ2) is 4.79. The summed E-state index contributed by atoms with van der Waals surface area (Å²) < 4.78 is 1.71. The highest BCUT2D eigenvalue weighted by Crippen LogP contribution is 2.36. The molecule has 19 heavy (non-hydrogen) atoms. The van der Waals surface area contributed by atoms with E-state index in [9.17, 15) is 9.59 Å². The Bertz CT molecular complexity index is 569. The summed E-state index contributed by atoms with van der Waals surface area (Å²) in [5.74, 6) is -0.894. The van der Waals surface area contributed by atoms with E-state index in [1.54, 1.807) is 11.5 Å². The number of rotatable bonds is 3. The molecule has 0 bridgehead atoms. The predicted octanol–water partition coefficient (Wildman–Crippen LogP) is 1.78. The molecular weight excluding hydrogens is 244 g/mol. The number of aryl methyl sites for hydroxylation is 1. The van der Waals surface area contributed by atoms with Crippen LogP contribution in [0.2, 0.25) is 0 Å². The van der Waals surface area contributed by atoms with Crippen LogP contribution in [0, 0.1) is 13.8 Å². The van der Waals surface area contributed by atoms with Gasteiger partial charge in [-0.2, -0.15) is 4.98 Å². The van der Waals surface area contributed by atoms with Gasteiger partial charge in [-0.15, -0.1) is 0 Å². The molecule has 0 atom stereocenters. The van der Waals surface area contributed by atoms with Crippen molar-refractivity contribution in [3.05, 3.63) is 27.4 Å². The van der Waals surface area contributed by atoms with Crippen LogP contribution in [0.4, 0.5) is 0 Å². The molecule has 1 heterocycles. The maximum absolute atomic E-state index is 12.2. The summed E-state index contributed by atoms with van der Waals surface area (Å²) in [5, 5.41) is 8.99. The molecule has 0 aliphatic heterocycles. The topological polar surface area (TPSA) is 72.2 Å². The van der Waals surface area contributed by atoms with Crippen LogP contribution in [-0.4, -0.2) is 20.6 Å². The fourth-order valence-electron chi connectivity index (χ4n) is 3.20. The van der Waals surface area contributed by atoms with Crippen molar-refractivity contribution >= 4 is 5.97 Å². The predicted molar refractivity (Wildman–Crippen MR) is 71.4 cm³/mol. The number of hydrogen-bond donors (Lipinski definition) is 1. The zero-order valence-electron chi connectivity index (χ0n) is 11.7. The molecule has 1 aliphatic carbocycles. The minimum absolute atomic E-state index is 0.0823. The number of carboxylic acid groups (broad SMARTS) is 1. The van der Waals surface area contributed by atoms with E-state index in [0.717, 1.165) is 31.4 Å². The quantitative estimate of drug-likeness (QED) is 0.903. The Morgan fingerprint density at radius 3 is 2.47 bits per heavy atom. The zero-order chi connectivity index (χ0) is 14.2. The molecule has 0 radical (unpaired) electrons. The Balaban J connectivity index is 2.61. The highest BCUT2D eigenvalue weighted by atomic mass is 16.4. The summed E-state index contributed by atoms with van der Waals surface area (Å²) in [6.07, 6.45) is 4.02. The Labute approximate surface area is 112 Å². The van der Waals surface area contributed by atoms with Gasteiger partial charge in [0.25, 0.3) is 0 Å². The normalized spacial score (nSPS) is 17.6. The summed E-state index contributed by atoms with van der Waals surface area (Å²) in [7, 11) is 0. The zero-order valence-corrected chi connectivity index (χ0v) is 11.7. The number of carboxylic acids is 1. The van der Waals surface area contributed by atoms with Gasteiger partial charge < -0.3 is 5.11 Å². The summed E-state index contributed by atoms with van der Waals surface area (Å²) in [6.45, 7) is 5.60. The van der Waals surface area contributed by atoms with Crippen LogP contribution in [0.25, 0.3) is 0 Å². The van der Waals surface area contributed by atoms with E-state index in [1.165, 1.54) is 0 Å². The molecule has 0 unspecified atom stereocenters. The van der Waals surface area contributed by atoms with Crippen LogP contribution in [0.5, 0.6) is 0 Å². The van der Waals surface area contributed by atoms with E-state index in [-0.39, 0.29) is 17.6 Å². The van der Waals surface area contributed by atoms with Crippen molar-refractivity contribution in [2.24, 2.45) is 0 Å². The van der Waals surface area contributed by atoms with Gasteiger partial charge >= 0.3 is 11.7 Å². The molecule has 0 amide bonds. The lowest BCUT2D eigenvalue weighted by atomic mass is 9.98. The maximum atomic E-state index is 12.2. The Morgan fingerprint density at radius 1 is 1.37 bits per heavy atom. The van der Waals surface area contributed by atoms with Crippen molar-refractivity contribution in [2.45, 2.75) is 58.4 Å². The third-order valence-electron chi connectivity index (χ3n) is 4.21. The van der Waals surface area contributed by atoms with Gasteiger partial charge in [-0.05, 0) is 33.6 Å². The average molecular weight is 264 g/mol. The number of hydrogen-bond acceptors (Lipinski definition) is 3.